The minimum absolute atomic E-state index is 0.0493. The van der Waals surface area contributed by atoms with Crippen LogP contribution in [0.1, 0.15) is 15.9 Å². The molecule has 1 heterocycles. The molecule has 0 saturated carbocycles. The van der Waals surface area contributed by atoms with Crippen LogP contribution in [0.2, 0.25) is 0 Å². The quantitative estimate of drug-likeness (QED) is 0.199. The van der Waals surface area contributed by atoms with E-state index < -0.39 is 11.7 Å². The predicted octanol–water partition coefficient (Wildman–Crippen LogP) is 6.90. The zero-order valence-corrected chi connectivity index (χ0v) is 21.9. The fourth-order valence-corrected chi connectivity index (χ4v) is 4.08. The van der Waals surface area contributed by atoms with E-state index in [-0.39, 0.29) is 18.5 Å². The van der Waals surface area contributed by atoms with Gasteiger partial charge in [0, 0.05) is 23.9 Å². The van der Waals surface area contributed by atoms with Crippen LogP contribution in [0.3, 0.4) is 0 Å². The van der Waals surface area contributed by atoms with Gasteiger partial charge in [-0.05, 0) is 59.7 Å². The summed E-state index contributed by atoms with van der Waals surface area (Å²) in [6.45, 7) is 0.512. The van der Waals surface area contributed by atoms with Crippen LogP contribution >= 0.6 is 0 Å². The Morgan fingerprint density at radius 2 is 1.44 bits per heavy atom. The van der Waals surface area contributed by atoms with Crippen LogP contribution in [0.5, 0.6) is 6.01 Å². The van der Waals surface area contributed by atoms with Gasteiger partial charge < -0.3 is 14.8 Å². The summed E-state index contributed by atoms with van der Waals surface area (Å²) in [4.78, 5) is 17.2. The van der Waals surface area contributed by atoms with E-state index in [2.05, 4.69) is 15.4 Å². The fourth-order valence-electron chi connectivity index (χ4n) is 4.08. The molecule has 0 saturated heterocycles. The lowest BCUT2D eigenvalue weighted by Gasteiger charge is -2.10. The average Bonchev–Trinajstić information content (AvgIpc) is 3.42. The van der Waals surface area contributed by atoms with Gasteiger partial charge in [-0.15, -0.1) is 5.10 Å². The number of methoxy groups -OCH3 is 1. The average molecular weight is 559 g/mol. The molecule has 1 N–H and O–H groups in total. The number of aromatic nitrogens is 3. The molecule has 0 atom stereocenters. The molecule has 0 unspecified atom stereocenters. The smallest absolute Gasteiger partial charge is 0.416 e. The molecule has 1 aromatic heterocycles. The van der Waals surface area contributed by atoms with Crippen molar-refractivity contribution in [2.75, 3.05) is 25.6 Å². The third-order valence-corrected chi connectivity index (χ3v) is 6.20. The van der Waals surface area contributed by atoms with Gasteiger partial charge in [0.15, 0.2) is 5.82 Å². The lowest BCUT2D eigenvalue weighted by Crippen LogP contribution is -2.11. The van der Waals surface area contributed by atoms with Gasteiger partial charge in [-0.3, -0.25) is 4.79 Å². The fraction of sp³-hybridized carbons (Fsp3) is 0.129. The van der Waals surface area contributed by atoms with E-state index >= 15 is 0 Å². The molecule has 7 nitrogen and oxygen atoms in total. The first-order valence-electron chi connectivity index (χ1n) is 12.7. The van der Waals surface area contributed by atoms with E-state index in [0.29, 0.717) is 34.9 Å². The molecule has 41 heavy (non-hydrogen) atoms. The van der Waals surface area contributed by atoms with Crippen molar-refractivity contribution in [3.8, 4) is 34.2 Å². The van der Waals surface area contributed by atoms with Crippen molar-refractivity contribution >= 4 is 11.6 Å². The molecule has 4 aromatic carbocycles. The van der Waals surface area contributed by atoms with Crippen LogP contribution in [0.25, 0.3) is 28.2 Å². The Balaban J connectivity index is 1.35. The molecule has 0 aliphatic heterocycles. The molecule has 0 fully saturated rings. The Morgan fingerprint density at radius 3 is 2.07 bits per heavy atom. The number of hydrogen-bond acceptors (Lipinski definition) is 5. The van der Waals surface area contributed by atoms with Crippen molar-refractivity contribution in [3.63, 3.8) is 0 Å². The zero-order valence-electron chi connectivity index (χ0n) is 21.9. The van der Waals surface area contributed by atoms with E-state index in [1.165, 1.54) is 23.9 Å². The number of hydrogen-bond donors (Lipinski definition) is 1. The summed E-state index contributed by atoms with van der Waals surface area (Å²) >= 11 is 0. The van der Waals surface area contributed by atoms with Crippen molar-refractivity contribution in [2.45, 2.75) is 6.18 Å². The number of nitrogens with zero attached hydrogens (tertiary/aromatic N) is 3. The van der Waals surface area contributed by atoms with Gasteiger partial charge in [0.2, 0.25) is 0 Å². The van der Waals surface area contributed by atoms with E-state index in [0.717, 1.165) is 23.3 Å². The Hall–Kier alpha value is -4.96. The number of amides is 1. The third kappa shape index (κ3) is 6.62. The number of carbonyl (C=O) groups is 1. The minimum Gasteiger partial charge on any atom is -0.460 e. The summed E-state index contributed by atoms with van der Waals surface area (Å²) < 4.78 is 51.2. The molecule has 0 radical (unpaired) electrons. The van der Waals surface area contributed by atoms with E-state index in [9.17, 15) is 18.0 Å². The molecule has 1 amide bonds. The lowest BCUT2D eigenvalue weighted by molar-refractivity contribution is -0.137. The SMILES string of the molecule is COCCOc1nc(-c2ccc(C(F)(F)F)cc2)n(-c2ccc(NC(=O)c3ccc(-c4ccccc4)cc3)cc2)n1. The van der Waals surface area contributed by atoms with Crippen molar-refractivity contribution < 1.29 is 27.4 Å². The van der Waals surface area contributed by atoms with Crippen LogP contribution < -0.4 is 10.1 Å². The Bertz CT molecular complexity index is 1600. The minimum atomic E-state index is -4.45. The van der Waals surface area contributed by atoms with Crippen molar-refractivity contribution in [1.82, 2.24) is 14.8 Å². The van der Waals surface area contributed by atoms with Gasteiger partial charge in [-0.1, -0.05) is 54.6 Å². The largest absolute Gasteiger partial charge is 0.460 e. The van der Waals surface area contributed by atoms with Gasteiger partial charge in [0.05, 0.1) is 17.9 Å². The molecule has 0 aliphatic rings. The molecule has 208 valence electrons. The number of benzene rings is 4. The molecule has 5 rings (SSSR count). The molecular weight excluding hydrogens is 533 g/mol. The molecule has 0 spiro atoms. The van der Waals surface area contributed by atoms with E-state index in [1.54, 1.807) is 36.4 Å². The number of carbonyl (C=O) groups excluding carboxylic acids is 1. The molecular formula is C31H25F3N4O3. The standard InChI is InChI=1S/C31H25F3N4O3/c1-40-19-20-41-30-36-28(23-11-13-25(14-12-23)31(32,33)34)38(37-30)27-17-15-26(16-18-27)35-29(39)24-9-7-22(8-10-24)21-5-3-2-4-6-21/h2-18H,19-20H2,1H3,(H,35,39). The highest BCUT2D eigenvalue weighted by atomic mass is 19.4. The maximum Gasteiger partial charge on any atom is 0.416 e. The van der Waals surface area contributed by atoms with Crippen LogP contribution in [0.4, 0.5) is 18.9 Å². The second-order valence-corrected chi connectivity index (χ2v) is 8.99. The highest BCUT2D eigenvalue weighted by molar-refractivity contribution is 6.04. The number of nitrogens with one attached hydrogen (secondary N) is 1. The summed E-state index contributed by atoms with van der Waals surface area (Å²) in [5.41, 5.74) is 3.35. The number of ether oxygens (including phenoxy) is 2. The van der Waals surface area contributed by atoms with Crippen LogP contribution in [-0.4, -0.2) is 41.0 Å². The number of alkyl halides is 3. The van der Waals surface area contributed by atoms with Gasteiger partial charge in [-0.25, -0.2) is 4.68 Å². The van der Waals surface area contributed by atoms with Crippen LogP contribution in [0, 0.1) is 0 Å². The maximum atomic E-state index is 13.1. The zero-order chi connectivity index (χ0) is 28.8. The summed E-state index contributed by atoms with van der Waals surface area (Å²) in [6.07, 6.45) is -4.45. The van der Waals surface area contributed by atoms with Gasteiger partial charge in [0.1, 0.15) is 6.61 Å². The first kappa shape index (κ1) is 27.6. The topological polar surface area (TPSA) is 78.3 Å². The predicted molar refractivity (Wildman–Crippen MR) is 149 cm³/mol. The van der Waals surface area contributed by atoms with Gasteiger partial charge in [0.25, 0.3) is 5.91 Å². The van der Waals surface area contributed by atoms with E-state index in [1.807, 2.05) is 42.5 Å². The first-order valence-corrected chi connectivity index (χ1v) is 12.7. The highest BCUT2D eigenvalue weighted by Gasteiger charge is 2.30. The highest BCUT2D eigenvalue weighted by Crippen LogP contribution is 2.32. The molecule has 10 heteroatoms. The molecule has 5 aromatic rings. The Labute approximate surface area is 234 Å². The molecule has 0 aliphatic carbocycles. The Morgan fingerprint density at radius 1 is 0.805 bits per heavy atom. The summed E-state index contributed by atoms with van der Waals surface area (Å²) in [5, 5.41) is 7.26. The summed E-state index contributed by atoms with van der Waals surface area (Å²) in [7, 11) is 1.53. The summed E-state index contributed by atoms with van der Waals surface area (Å²) in [6, 6.07) is 28.7. The third-order valence-electron chi connectivity index (χ3n) is 6.20. The summed E-state index contributed by atoms with van der Waals surface area (Å²) in [5.74, 6) is 0.0267. The molecule has 0 bridgehead atoms. The van der Waals surface area contributed by atoms with Gasteiger partial charge in [-0.2, -0.15) is 18.2 Å². The monoisotopic (exact) mass is 558 g/mol. The number of halogens is 3. The maximum absolute atomic E-state index is 13.1. The number of rotatable bonds is 9. The second kappa shape index (κ2) is 12.1. The van der Waals surface area contributed by atoms with Crippen molar-refractivity contribution in [1.29, 1.82) is 0 Å². The normalized spacial score (nSPS) is 11.3. The first-order chi connectivity index (χ1) is 19.8. The van der Waals surface area contributed by atoms with Crippen LogP contribution in [-0.2, 0) is 10.9 Å². The Kier molecular flexibility index (Phi) is 8.11. The van der Waals surface area contributed by atoms with Crippen molar-refractivity contribution in [2.24, 2.45) is 0 Å². The second-order valence-electron chi connectivity index (χ2n) is 8.99. The van der Waals surface area contributed by atoms with Gasteiger partial charge >= 0.3 is 12.2 Å². The van der Waals surface area contributed by atoms with Crippen LogP contribution in [0.15, 0.2) is 103 Å². The number of anilines is 1. The van der Waals surface area contributed by atoms with E-state index in [4.69, 9.17) is 9.47 Å². The van der Waals surface area contributed by atoms with Crippen molar-refractivity contribution in [3.05, 3.63) is 114 Å². The lowest BCUT2D eigenvalue weighted by atomic mass is 10.0.